The van der Waals surface area contributed by atoms with E-state index in [1.807, 2.05) is 0 Å². The topological polar surface area (TPSA) is 318 Å². The highest BCUT2D eigenvalue weighted by molar-refractivity contribution is 7.48. The summed E-state index contributed by atoms with van der Waals surface area (Å²) in [5.41, 5.74) is 0.666. The number of aromatic amines is 1. The number of para-hydroxylation sites is 1. The van der Waals surface area contributed by atoms with Gasteiger partial charge < -0.3 is 31.5 Å². The van der Waals surface area contributed by atoms with E-state index >= 15 is 0 Å². The number of carbonyl (C=O) groups is 4. The van der Waals surface area contributed by atoms with Crippen molar-refractivity contribution in [3.8, 4) is 0 Å². The zero-order valence-corrected chi connectivity index (χ0v) is 35.9. The van der Waals surface area contributed by atoms with E-state index in [0.717, 1.165) is 0 Å². The predicted octanol–water partition coefficient (Wildman–Crippen LogP) is 4.61. The molecule has 2 aromatic heterocycles. The van der Waals surface area contributed by atoms with Crippen molar-refractivity contribution in [2.45, 2.75) is 59.2 Å². The maximum atomic E-state index is 13.6. The van der Waals surface area contributed by atoms with Crippen LogP contribution < -0.4 is 26.8 Å². The lowest BCUT2D eigenvalue weighted by molar-refractivity contribution is -0.140. The molecule has 2 heterocycles. The lowest BCUT2D eigenvalue weighted by atomic mass is 10.1. The standard InChI is InChI=1S/C37H48N8O15P2/c1-5-55-61(53,56-6-2)59-22-26(60-62(54,57-7-3)58-8-4)21-40-34(49)27-11-9-10-12-28(27)43-37-44-32-31(35(50)45-37)41-25(20-39-32)19-38-24-15-13-23(14-16-24)33(48)42-29(36(51)52)17-18-30(46)47/h9-16,20,26,29,38H,5-8,17-19,21-22H2,1-4H3,(H,40,49)(H,42,48)(H,46,47)(H,51,52)(H2,39,43,44,45,50). The van der Waals surface area contributed by atoms with Crippen molar-refractivity contribution in [2.75, 3.05) is 50.2 Å². The number of H-pyrrole nitrogens is 1. The molecule has 25 heteroatoms. The number of phosphoric acid groups is 2. The van der Waals surface area contributed by atoms with E-state index in [9.17, 15) is 38.2 Å². The fourth-order valence-corrected chi connectivity index (χ4v) is 7.88. The Morgan fingerprint density at radius 3 is 2.10 bits per heavy atom. The number of phosphoric ester groups is 2. The number of benzene rings is 2. The minimum atomic E-state index is -4.15. The molecule has 0 aliphatic carbocycles. The number of aromatic nitrogens is 4. The highest BCUT2D eigenvalue weighted by atomic mass is 31.2. The van der Waals surface area contributed by atoms with Crippen LogP contribution in [0.2, 0.25) is 0 Å². The van der Waals surface area contributed by atoms with Gasteiger partial charge in [-0.2, -0.15) is 4.98 Å². The van der Waals surface area contributed by atoms with E-state index in [-0.39, 0.29) is 79.9 Å². The summed E-state index contributed by atoms with van der Waals surface area (Å²) in [6, 6.07) is 10.9. The molecule has 2 aromatic carbocycles. The molecule has 23 nitrogen and oxygen atoms in total. The van der Waals surface area contributed by atoms with Gasteiger partial charge in [0.1, 0.15) is 12.1 Å². The van der Waals surface area contributed by atoms with Crippen LogP contribution in [0, 0.1) is 0 Å². The number of carboxylic acid groups (broad SMARTS) is 2. The van der Waals surface area contributed by atoms with Gasteiger partial charge in [-0.25, -0.2) is 23.9 Å². The van der Waals surface area contributed by atoms with Crippen LogP contribution in [0.3, 0.4) is 0 Å². The van der Waals surface area contributed by atoms with Crippen molar-refractivity contribution in [3.63, 3.8) is 0 Å². The first-order chi connectivity index (χ1) is 29.6. The van der Waals surface area contributed by atoms with Gasteiger partial charge in [0.15, 0.2) is 11.2 Å². The second-order valence-electron chi connectivity index (χ2n) is 12.6. The molecule has 0 aliphatic heterocycles. The van der Waals surface area contributed by atoms with Gasteiger partial charge in [0, 0.05) is 24.2 Å². The smallest absolute Gasteiger partial charge is 0.475 e. The van der Waals surface area contributed by atoms with E-state index in [0.29, 0.717) is 11.4 Å². The first kappa shape index (κ1) is 49.0. The van der Waals surface area contributed by atoms with Gasteiger partial charge in [-0.15, -0.1) is 0 Å². The van der Waals surface area contributed by atoms with Crippen LogP contribution in [0.5, 0.6) is 0 Å². The third kappa shape index (κ3) is 14.8. The molecule has 2 atom stereocenters. The summed E-state index contributed by atoms with van der Waals surface area (Å²) in [7, 11) is -8.18. The number of nitrogens with one attached hydrogen (secondary N) is 5. The summed E-state index contributed by atoms with van der Waals surface area (Å²) >= 11 is 0. The molecule has 336 valence electrons. The molecule has 0 radical (unpaired) electrons. The van der Waals surface area contributed by atoms with Crippen molar-refractivity contribution in [2.24, 2.45) is 0 Å². The van der Waals surface area contributed by atoms with Crippen molar-refractivity contribution in [3.05, 3.63) is 81.9 Å². The fraction of sp³-hybridized carbons (Fsp3) is 0.405. The molecular formula is C37H48N8O15P2. The van der Waals surface area contributed by atoms with Crippen molar-refractivity contribution >= 4 is 67.9 Å². The Bertz CT molecular complexity index is 2310. The largest absolute Gasteiger partial charge is 0.481 e. The number of carboxylic acids is 2. The number of nitrogens with zero attached hydrogens (tertiary/aromatic N) is 3. The SMILES string of the molecule is CCOP(=O)(OCC)OCC(CNC(=O)c1ccccc1Nc1nc2ncc(CNc3ccc(C(=O)NC(CCC(=O)O)C(=O)O)cc3)nc2c(=O)[nH]1)OP(=O)(OCC)OCC. The first-order valence-corrected chi connectivity index (χ1v) is 22.1. The van der Waals surface area contributed by atoms with Crippen LogP contribution in [-0.4, -0.2) is 106 Å². The van der Waals surface area contributed by atoms with Gasteiger partial charge in [-0.05, 0) is 70.5 Å². The molecule has 4 aromatic rings. The van der Waals surface area contributed by atoms with E-state index < -0.39 is 70.1 Å². The molecule has 0 saturated heterocycles. The Labute approximate surface area is 354 Å². The molecular weight excluding hydrogens is 858 g/mol. The third-order valence-electron chi connectivity index (χ3n) is 8.10. The van der Waals surface area contributed by atoms with Gasteiger partial charge in [0.25, 0.3) is 17.4 Å². The third-order valence-corrected chi connectivity index (χ3v) is 11.4. The molecule has 2 unspecified atom stereocenters. The number of hydrogen-bond acceptors (Lipinski definition) is 18. The molecule has 7 N–H and O–H groups in total. The van der Waals surface area contributed by atoms with Gasteiger partial charge in [0.05, 0.1) is 62.7 Å². The van der Waals surface area contributed by atoms with Crippen LogP contribution in [0.1, 0.15) is 66.9 Å². The summed E-state index contributed by atoms with van der Waals surface area (Å²) in [6.45, 7) is 5.59. The summed E-state index contributed by atoms with van der Waals surface area (Å²) in [5.74, 6) is -3.93. The maximum absolute atomic E-state index is 13.6. The van der Waals surface area contributed by atoms with Gasteiger partial charge >= 0.3 is 27.6 Å². The number of carbonyl (C=O) groups excluding carboxylic acids is 2. The van der Waals surface area contributed by atoms with E-state index in [4.69, 9.17) is 32.2 Å². The predicted molar refractivity (Wildman–Crippen MR) is 222 cm³/mol. The second kappa shape index (κ2) is 23.5. The number of aliphatic carboxylic acids is 2. The van der Waals surface area contributed by atoms with Crippen molar-refractivity contribution in [1.82, 2.24) is 30.6 Å². The summed E-state index contributed by atoms with van der Waals surface area (Å²) < 4.78 is 58.1. The van der Waals surface area contributed by atoms with Crippen LogP contribution in [0.15, 0.2) is 59.5 Å². The van der Waals surface area contributed by atoms with Gasteiger partial charge in [-0.3, -0.25) is 51.3 Å². The first-order valence-electron chi connectivity index (χ1n) is 19.2. The van der Waals surface area contributed by atoms with Gasteiger partial charge in [0.2, 0.25) is 5.95 Å². The quantitative estimate of drug-likeness (QED) is 0.0402. The van der Waals surface area contributed by atoms with Crippen LogP contribution in [-0.2, 0) is 52.4 Å². The molecule has 0 fully saturated rings. The fourth-order valence-electron chi connectivity index (χ4n) is 5.34. The number of hydrogen-bond donors (Lipinski definition) is 7. The average molecular weight is 907 g/mol. The zero-order valence-electron chi connectivity index (χ0n) is 34.2. The number of amides is 2. The Morgan fingerprint density at radius 1 is 0.823 bits per heavy atom. The van der Waals surface area contributed by atoms with Crippen LogP contribution in [0.25, 0.3) is 11.2 Å². The molecule has 2 amide bonds. The van der Waals surface area contributed by atoms with Crippen LogP contribution in [0.4, 0.5) is 17.3 Å². The van der Waals surface area contributed by atoms with Crippen LogP contribution >= 0.6 is 15.6 Å². The van der Waals surface area contributed by atoms with E-state index in [1.54, 1.807) is 58.0 Å². The summed E-state index contributed by atoms with van der Waals surface area (Å²) in [6.07, 6.45) is -0.534. The maximum Gasteiger partial charge on any atom is 0.475 e. The number of anilines is 3. The molecule has 0 aliphatic rings. The van der Waals surface area contributed by atoms with E-state index in [1.165, 1.54) is 24.4 Å². The Balaban J connectivity index is 1.43. The number of fused-ring (bicyclic) bond motifs is 1. The Morgan fingerprint density at radius 2 is 1.47 bits per heavy atom. The highest BCUT2D eigenvalue weighted by Gasteiger charge is 2.34. The lowest BCUT2D eigenvalue weighted by Gasteiger charge is -2.25. The van der Waals surface area contributed by atoms with E-state index in [2.05, 4.69) is 41.2 Å². The normalized spacial score (nSPS) is 12.6. The molecule has 0 spiro atoms. The lowest BCUT2D eigenvalue weighted by Crippen LogP contribution is -2.41. The zero-order chi connectivity index (χ0) is 45.3. The Hall–Kier alpha value is -5.64. The minimum absolute atomic E-state index is 0.00681. The monoisotopic (exact) mass is 906 g/mol. The summed E-state index contributed by atoms with van der Waals surface area (Å²) in [4.78, 5) is 77.2. The Kier molecular flexibility index (Phi) is 18.6. The average Bonchev–Trinajstić information content (AvgIpc) is 3.23. The van der Waals surface area contributed by atoms with Crippen molar-refractivity contribution < 1.29 is 65.7 Å². The van der Waals surface area contributed by atoms with Gasteiger partial charge in [-0.1, -0.05) is 12.1 Å². The summed E-state index contributed by atoms with van der Waals surface area (Å²) in [5, 5.41) is 29.1. The molecule has 0 bridgehead atoms. The minimum Gasteiger partial charge on any atom is -0.481 e. The number of rotatable bonds is 27. The van der Waals surface area contributed by atoms with Crippen molar-refractivity contribution in [1.29, 1.82) is 0 Å². The molecule has 0 saturated carbocycles. The molecule has 62 heavy (non-hydrogen) atoms. The second-order valence-corrected chi connectivity index (χ2v) is 15.9. The highest BCUT2D eigenvalue weighted by Crippen LogP contribution is 2.52. The molecule has 4 rings (SSSR count).